The van der Waals surface area contributed by atoms with E-state index in [4.69, 9.17) is 0 Å². The number of carbonyl (C=O) groups excluding carboxylic acids is 1. The summed E-state index contributed by atoms with van der Waals surface area (Å²) in [5, 5.41) is 7.56. The number of aliphatic imine (C=N–C) groups is 1. The fourth-order valence-corrected chi connectivity index (χ4v) is 4.02. The van der Waals surface area contributed by atoms with Gasteiger partial charge in [0.1, 0.15) is 11.6 Å². The highest BCUT2D eigenvalue weighted by molar-refractivity contribution is 7.15. The topological polar surface area (TPSA) is 69.6 Å². The number of hydrogen-bond acceptors (Lipinski definition) is 4. The summed E-state index contributed by atoms with van der Waals surface area (Å²) in [6, 6.07) is 10.2. The lowest BCUT2D eigenvalue weighted by atomic mass is 10.2. The Labute approximate surface area is 164 Å². The number of rotatable bonds is 6. The number of aryl methyl sites for hydroxylation is 1. The van der Waals surface area contributed by atoms with Gasteiger partial charge in [-0.15, -0.1) is 11.3 Å². The van der Waals surface area contributed by atoms with E-state index in [1.807, 2.05) is 36.9 Å². The molecule has 1 aromatic heterocycles. The molecule has 7 heteroatoms. The van der Waals surface area contributed by atoms with Gasteiger partial charge in [0.15, 0.2) is 5.96 Å². The number of likely N-dealkylation sites (tertiary alicyclic amines) is 1. The molecule has 1 aliphatic heterocycles. The lowest BCUT2D eigenvalue weighted by Crippen LogP contribution is -2.38. The zero-order valence-electron chi connectivity index (χ0n) is 16.0. The summed E-state index contributed by atoms with van der Waals surface area (Å²) in [5.41, 5.74) is 2.16. The van der Waals surface area contributed by atoms with Crippen molar-refractivity contribution in [3.8, 4) is 10.6 Å². The first-order valence-corrected chi connectivity index (χ1v) is 10.3. The Hall–Kier alpha value is -2.41. The first-order valence-electron chi connectivity index (χ1n) is 9.49. The number of nitrogens with one attached hydrogen (secondary N) is 2. The van der Waals surface area contributed by atoms with Crippen molar-refractivity contribution < 1.29 is 4.79 Å². The third-order valence-electron chi connectivity index (χ3n) is 4.51. The van der Waals surface area contributed by atoms with Crippen molar-refractivity contribution in [1.29, 1.82) is 0 Å². The highest BCUT2D eigenvalue weighted by Gasteiger charge is 2.17. The Kier molecular flexibility index (Phi) is 6.81. The van der Waals surface area contributed by atoms with Crippen molar-refractivity contribution in [3.63, 3.8) is 0 Å². The van der Waals surface area contributed by atoms with Crippen molar-refractivity contribution in [2.45, 2.75) is 33.2 Å². The second-order valence-corrected chi connectivity index (χ2v) is 7.61. The minimum absolute atomic E-state index is 0.102. The molecule has 2 heterocycles. The summed E-state index contributed by atoms with van der Waals surface area (Å²) in [6.07, 6.45) is 2.20. The van der Waals surface area contributed by atoms with Crippen LogP contribution in [0.3, 0.4) is 0 Å². The van der Waals surface area contributed by atoms with E-state index in [9.17, 15) is 4.79 Å². The van der Waals surface area contributed by atoms with Crippen molar-refractivity contribution in [2.24, 2.45) is 4.99 Å². The van der Waals surface area contributed by atoms with Gasteiger partial charge in [-0.3, -0.25) is 4.79 Å². The molecule has 0 unspecified atom stereocenters. The van der Waals surface area contributed by atoms with Gasteiger partial charge in [-0.25, -0.2) is 9.98 Å². The van der Waals surface area contributed by atoms with E-state index < -0.39 is 0 Å². The molecular formula is C20H27N5OS. The monoisotopic (exact) mass is 385 g/mol. The number of benzene rings is 1. The van der Waals surface area contributed by atoms with E-state index >= 15 is 0 Å². The molecule has 1 aliphatic rings. The minimum atomic E-state index is 0.102. The molecule has 0 aliphatic carbocycles. The standard InChI is InChI=1S/C20H27N5OS/c1-3-21-20(23-14-18(26)25-11-7-8-12-25)22-13-17-15(2)24-19(27-17)16-9-5-4-6-10-16/h4-6,9-10H,3,7-8,11-14H2,1-2H3,(H2,21,22,23). The number of carbonyl (C=O) groups is 1. The molecule has 0 spiro atoms. The van der Waals surface area contributed by atoms with E-state index in [0.717, 1.165) is 48.7 Å². The van der Waals surface area contributed by atoms with Crippen molar-refractivity contribution in [3.05, 3.63) is 40.9 Å². The van der Waals surface area contributed by atoms with Gasteiger partial charge < -0.3 is 15.5 Å². The Morgan fingerprint density at radius 2 is 1.96 bits per heavy atom. The van der Waals surface area contributed by atoms with E-state index in [0.29, 0.717) is 12.5 Å². The maximum Gasteiger partial charge on any atom is 0.244 e. The normalized spacial score (nSPS) is 14.4. The van der Waals surface area contributed by atoms with Gasteiger partial charge >= 0.3 is 0 Å². The summed E-state index contributed by atoms with van der Waals surface area (Å²) in [7, 11) is 0. The molecule has 0 bridgehead atoms. The van der Waals surface area contributed by atoms with Gasteiger partial charge in [-0.1, -0.05) is 30.3 Å². The van der Waals surface area contributed by atoms with Crippen LogP contribution in [0.5, 0.6) is 0 Å². The first-order chi connectivity index (χ1) is 13.2. The third-order valence-corrected chi connectivity index (χ3v) is 5.71. The Balaban J connectivity index is 1.61. The summed E-state index contributed by atoms with van der Waals surface area (Å²) >= 11 is 1.69. The minimum Gasteiger partial charge on any atom is -0.357 e. The van der Waals surface area contributed by atoms with Gasteiger partial charge in [0, 0.05) is 30.1 Å². The fourth-order valence-electron chi connectivity index (χ4n) is 3.02. The second-order valence-electron chi connectivity index (χ2n) is 6.53. The molecule has 3 rings (SSSR count). The average Bonchev–Trinajstić information content (AvgIpc) is 3.35. The van der Waals surface area contributed by atoms with E-state index in [1.54, 1.807) is 11.3 Å². The molecule has 1 fully saturated rings. The number of amides is 1. The lowest BCUT2D eigenvalue weighted by molar-refractivity contribution is -0.128. The largest absolute Gasteiger partial charge is 0.357 e. The van der Waals surface area contributed by atoms with Gasteiger partial charge in [0.05, 0.1) is 12.2 Å². The van der Waals surface area contributed by atoms with Crippen LogP contribution in [0.25, 0.3) is 10.6 Å². The Bertz CT molecular complexity index is 781. The van der Waals surface area contributed by atoms with E-state index in [-0.39, 0.29) is 12.5 Å². The average molecular weight is 386 g/mol. The first kappa shape index (κ1) is 19.4. The summed E-state index contributed by atoms with van der Waals surface area (Å²) in [4.78, 5) is 24.4. The highest BCUT2D eigenvalue weighted by atomic mass is 32.1. The van der Waals surface area contributed by atoms with Crippen LogP contribution in [-0.4, -0.2) is 47.9 Å². The third kappa shape index (κ3) is 5.29. The van der Waals surface area contributed by atoms with Crippen LogP contribution in [0.4, 0.5) is 0 Å². The highest BCUT2D eigenvalue weighted by Crippen LogP contribution is 2.27. The zero-order valence-corrected chi connectivity index (χ0v) is 16.8. The van der Waals surface area contributed by atoms with E-state index in [2.05, 4.69) is 32.7 Å². The number of hydrogen-bond donors (Lipinski definition) is 2. The molecule has 144 valence electrons. The number of aromatic nitrogens is 1. The molecule has 1 amide bonds. The van der Waals surface area contributed by atoms with Crippen molar-refractivity contribution in [1.82, 2.24) is 20.5 Å². The molecule has 6 nitrogen and oxygen atoms in total. The van der Waals surface area contributed by atoms with Crippen LogP contribution in [0.15, 0.2) is 35.3 Å². The van der Waals surface area contributed by atoms with Crippen LogP contribution < -0.4 is 10.6 Å². The van der Waals surface area contributed by atoms with Gasteiger partial charge in [-0.05, 0) is 26.7 Å². The van der Waals surface area contributed by atoms with Crippen molar-refractivity contribution >= 4 is 23.2 Å². The number of guanidine groups is 1. The molecule has 0 radical (unpaired) electrons. The predicted octanol–water partition coefficient (Wildman–Crippen LogP) is 2.80. The smallest absolute Gasteiger partial charge is 0.244 e. The molecule has 0 saturated carbocycles. The quantitative estimate of drug-likeness (QED) is 0.593. The lowest BCUT2D eigenvalue weighted by Gasteiger charge is -2.15. The van der Waals surface area contributed by atoms with Crippen LogP contribution in [0.2, 0.25) is 0 Å². The number of nitrogens with zero attached hydrogens (tertiary/aromatic N) is 3. The summed E-state index contributed by atoms with van der Waals surface area (Å²) in [5.74, 6) is 0.768. The summed E-state index contributed by atoms with van der Waals surface area (Å²) in [6.45, 7) is 7.35. The second kappa shape index (κ2) is 9.50. The van der Waals surface area contributed by atoms with Crippen LogP contribution in [0.1, 0.15) is 30.3 Å². The maximum atomic E-state index is 12.2. The molecule has 0 atom stereocenters. The SMILES string of the molecule is CCNC(=NCC(=O)N1CCCC1)NCc1sc(-c2ccccc2)nc1C. The predicted molar refractivity (Wildman–Crippen MR) is 111 cm³/mol. The van der Waals surface area contributed by atoms with Crippen LogP contribution >= 0.6 is 11.3 Å². The fraction of sp³-hybridized carbons (Fsp3) is 0.450. The van der Waals surface area contributed by atoms with Crippen LogP contribution in [-0.2, 0) is 11.3 Å². The zero-order chi connectivity index (χ0) is 19.1. The summed E-state index contributed by atoms with van der Waals surface area (Å²) < 4.78 is 0. The molecule has 1 aromatic carbocycles. The van der Waals surface area contributed by atoms with Gasteiger partial charge in [0.25, 0.3) is 0 Å². The Morgan fingerprint density at radius 1 is 1.22 bits per heavy atom. The van der Waals surface area contributed by atoms with E-state index in [1.165, 1.54) is 4.88 Å². The van der Waals surface area contributed by atoms with Crippen LogP contribution in [0, 0.1) is 6.92 Å². The molecular weight excluding hydrogens is 358 g/mol. The molecule has 27 heavy (non-hydrogen) atoms. The molecule has 1 saturated heterocycles. The Morgan fingerprint density at radius 3 is 2.67 bits per heavy atom. The maximum absolute atomic E-state index is 12.2. The van der Waals surface area contributed by atoms with Gasteiger partial charge in [0.2, 0.25) is 5.91 Å². The van der Waals surface area contributed by atoms with Gasteiger partial charge in [-0.2, -0.15) is 0 Å². The van der Waals surface area contributed by atoms with Crippen molar-refractivity contribution in [2.75, 3.05) is 26.2 Å². The number of thiazole rings is 1. The molecule has 2 N–H and O–H groups in total. The molecule has 2 aromatic rings.